The number of anilines is 1. The van der Waals surface area contributed by atoms with E-state index in [9.17, 15) is 13.7 Å². The first-order valence-electron chi connectivity index (χ1n) is 9.73. The first kappa shape index (κ1) is 21.6. The minimum Gasteiger partial charge on any atom is -0.419 e. The number of oxazole rings is 1. The second-order valence-electron chi connectivity index (χ2n) is 6.70. The third-order valence-corrected chi connectivity index (χ3v) is 6.89. The van der Waals surface area contributed by atoms with Crippen LogP contribution in [-0.4, -0.2) is 30.8 Å². The maximum Gasteiger partial charge on any atom is 0.243 e. The summed E-state index contributed by atoms with van der Waals surface area (Å²) in [4.78, 5) is 4.46. The van der Waals surface area contributed by atoms with Gasteiger partial charge in [0.25, 0.3) is 0 Å². The lowest BCUT2D eigenvalue weighted by Crippen LogP contribution is -2.30. The summed E-state index contributed by atoms with van der Waals surface area (Å²) in [5, 5.41) is 12.6. The van der Waals surface area contributed by atoms with Crippen molar-refractivity contribution in [2.24, 2.45) is 0 Å². The van der Waals surface area contributed by atoms with E-state index in [0.29, 0.717) is 18.7 Å². The van der Waals surface area contributed by atoms with Crippen LogP contribution in [0, 0.1) is 11.3 Å². The zero-order valence-electron chi connectivity index (χ0n) is 17.2. The number of rotatable bonds is 8. The molecule has 1 aromatic heterocycles. The Hall–Kier alpha value is -3.15. The molecule has 0 aliphatic heterocycles. The highest BCUT2D eigenvalue weighted by atomic mass is 32.2. The fourth-order valence-electron chi connectivity index (χ4n) is 3.12. The molecule has 0 amide bonds. The fraction of sp³-hybridized carbons (Fsp3) is 0.273. The van der Waals surface area contributed by atoms with Crippen molar-refractivity contribution in [3.63, 3.8) is 0 Å². The Labute approximate surface area is 177 Å². The van der Waals surface area contributed by atoms with Crippen LogP contribution in [0.3, 0.4) is 0 Å². The minimum atomic E-state index is -3.54. The lowest BCUT2D eigenvalue weighted by molar-refractivity contribution is 0.445. The van der Waals surface area contributed by atoms with Gasteiger partial charge in [0.2, 0.25) is 27.5 Å². The molecular formula is C22H24N4O3S. The monoisotopic (exact) mass is 424 g/mol. The summed E-state index contributed by atoms with van der Waals surface area (Å²) >= 11 is 0. The Kier molecular flexibility index (Phi) is 6.55. The van der Waals surface area contributed by atoms with Crippen LogP contribution in [0.25, 0.3) is 11.5 Å². The molecule has 0 aliphatic rings. The molecule has 8 heteroatoms. The molecule has 0 bridgehead atoms. The summed E-state index contributed by atoms with van der Waals surface area (Å²) in [6, 6.07) is 18.1. The van der Waals surface area contributed by atoms with E-state index >= 15 is 0 Å². The lowest BCUT2D eigenvalue weighted by Gasteiger charge is -2.18. The molecule has 1 atom stereocenters. The highest BCUT2D eigenvalue weighted by Crippen LogP contribution is 2.29. The zero-order valence-corrected chi connectivity index (χ0v) is 18.0. The Morgan fingerprint density at radius 3 is 2.30 bits per heavy atom. The van der Waals surface area contributed by atoms with Gasteiger partial charge in [0, 0.05) is 18.7 Å². The van der Waals surface area contributed by atoms with Crippen molar-refractivity contribution in [3.05, 3.63) is 65.9 Å². The van der Waals surface area contributed by atoms with Gasteiger partial charge in [-0.05, 0) is 36.8 Å². The van der Waals surface area contributed by atoms with Gasteiger partial charge in [0.15, 0.2) is 0 Å². The molecule has 1 heterocycles. The van der Waals surface area contributed by atoms with E-state index in [4.69, 9.17) is 4.42 Å². The molecule has 0 unspecified atom stereocenters. The largest absolute Gasteiger partial charge is 0.419 e. The van der Waals surface area contributed by atoms with Gasteiger partial charge in [-0.25, -0.2) is 8.42 Å². The number of nitrogens with one attached hydrogen (secondary N) is 1. The van der Waals surface area contributed by atoms with Crippen molar-refractivity contribution in [1.29, 1.82) is 5.26 Å². The zero-order chi connectivity index (χ0) is 21.7. The highest BCUT2D eigenvalue weighted by molar-refractivity contribution is 7.89. The minimum absolute atomic E-state index is 0.0827. The fourth-order valence-corrected chi connectivity index (χ4v) is 4.58. The second kappa shape index (κ2) is 9.11. The van der Waals surface area contributed by atoms with Gasteiger partial charge in [-0.3, -0.25) is 0 Å². The molecular weight excluding hydrogens is 400 g/mol. The van der Waals surface area contributed by atoms with Crippen LogP contribution >= 0.6 is 0 Å². The van der Waals surface area contributed by atoms with E-state index < -0.39 is 10.0 Å². The molecule has 0 radical (unpaired) electrons. The molecule has 0 saturated carbocycles. The van der Waals surface area contributed by atoms with Crippen LogP contribution < -0.4 is 5.32 Å². The predicted molar refractivity (Wildman–Crippen MR) is 115 cm³/mol. The topological polar surface area (TPSA) is 99.2 Å². The van der Waals surface area contributed by atoms with Crippen LogP contribution in [0.5, 0.6) is 0 Å². The molecule has 0 aliphatic carbocycles. The van der Waals surface area contributed by atoms with E-state index in [0.717, 1.165) is 5.56 Å². The average Bonchev–Trinajstić information content (AvgIpc) is 3.18. The van der Waals surface area contributed by atoms with Gasteiger partial charge in [-0.15, -0.1) is 0 Å². The Morgan fingerprint density at radius 2 is 1.73 bits per heavy atom. The molecule has 0 fully saturated rings. The molecule has 1 N–H and O–H groups in total. The Bertz CT molecular complexity index is 1130. The molecule has 3 rings (SSSR count). The standard InChI is InChI=1S/C22H24N4O3S/c1-4-26(5-2)30(27,28)19-13-11-18(12-14-19)21-25-20(15-23)22(29-21)24-16(3)17-9-7-6-8-10-17/h6-14,16,24H,4-5H2,1-3H3/t16-/m0/s1. The van der Waals surface area contributed by atoms with Crippen molar-refractivity contribution in [2.45, 2.75) is 31.7 Å². The van der Waals surface area contributed by atoms with Gasteiger partial charge in [0.1, 0.15) is 6.07 Å². The highest BCUT2D eigenvalue weighted by Gasteiger charge is 2.22. The number of nitriles is 1. The lowest BCUT2D eigenvalue weighted by atomic mass is 10.1. The summed E-state index contributed by atoms with van der Waals surface area (Å²) in [5.41, 5.74) is 1.78. The smallest absolute Gasteiger partial charge is 0.243 e. The summed E-state index contributed by atoms with van der Waals surface area (Å²) in [6.45, 7) is 6.37. The average molecular weight is 425 g/mol. The van der Waals surface area contributed by atoms with Crippen LogP contribution in [0.1, 0.15) is 38.1 Å². The van der Waals surface area contributed by atoms with Crippen LogP contribution in [-0.2, 0) is 10.0 Å². The summed E-state index contributed by atoms with van der Waals surface area (Å²) in [5.74, 6) is 0.532. The Morgan fingerprint density at radius 1 is 1.10 bits per heavy atom. The van der Waals surface area contributed by atoms with Crippen molar-refractivity contribution < 1.29 is 12.8 Å². The maximum atomic E-state index is 12.6. The molecule has 3 aromatic rings. The van der Waals surface area contributed by atoms with Crippen molar-refractivity contribution in [3.8, 4) is 17.5 Å². The van der Waals surface area contributed by atoms with Gasteiger partial charge < -0.3 is 9.73 Å². The number of nitrogens with zero attached hydrogens (tertiary/aromatic N) is 3. The third-order valence-electron chi connectivity index (χ3n) is 4.82. The Balaban J connectivity index is 1.86. The van der Waals surface area contributed by atoms with E-state index in [1.54, 1.807) is 26.0 Å². The van der Waals surface area contributed by atoms with Crippen LogP contribution in [0.4, 0.5) is 5.88 Å². The quantitative estimate of drug-likeness (QED) is 0.575. The molecule has 0 saturated heterocycles. The van der Waals surface area contributed by atoms with Gasteiger partial charge in [0.05, 0.1) is 10.9 Å². The van der Waals surface area contributed by atoms with Crippen molar-refractivity contribution >= 4 is 15.9 Å². The van der Waals surface area contributed by atoms with Gasteiger partial charge >= 0.3 is 0 Å². The van der Waals surface area contributed by atoms with Crippen molar-refractivity contribution in [2.75, 3.05) is 18.4 Å². The summed E-state index contributed by atoms with van der Waals surface area (Å²) in [6.07, 6.45) is 0. The third kappa shape index (κ3) is 4.37. The maximum absolute atomic E-state index is 12.6. The number of aromatic nitrogens is 1. The summed E-state index contributed by atoms with van der Waals surface area (Å²) in [7, 11) is -3.54. The molecule has 0 spiro atoms. The van der Waals surface area contributed by atoms with E-state index in [-0.39, 0.29) is 28.4 Å². The van der Waals surface area contributed by atoms with Gasteiger partial charge in [-0.1, -0.05) is 44.2 Å². The van der Waals surface area contributed by atoms with Crippen LogP contribution in [0.2, 0.25) is 0 Å². The first-order chi connectivity index (χ1) is 14.4. The number of sulfonamides is 1. The first-order valence-corrected chi connectivity index (χ1v) is 11.2. The molecule has 2 aromatic carbocycles. The number of benzene rings is 2. The molecule has 30 heavy (non-hydrogen) atoms. The van der Waals surface area contributed by atoms with Gasteiger partial charge in [-0.2, -0.15) is 14.6 Å². The van der Waals surface area contributed by atoms with Crippen molar-refractivity contribution in [1.82, 2.24) is 9.29 Å². The van der Waals surface area contributed by atoms with E-state index in [1.807, 2.05) is 43.3 Å². The second-order valence-corrected chi connectivity index (χ2v) is 8.64. The number of hydrogen-bond acceptors (Lipinski definition) is 6. The molecule has 7 nitrogen and oxygen atoms in total. The normalized spacial score (nSPS) is 12.5. The summed E-state index contributed by atoms with van der Waals surface area (Å²) < 4.78 is 32.5. The van der Waals surface area contributed by atoms with E-state index in [2.05, 4.69) is 10.3 Å². The molecule has 156 valence electrons. The SMILES string of the molecule is CCN(CC)S(=O)(=O)c1ccc(-c2nc(C#N)c(N[C@@H](C)c3ccccc3)o2)cc1. The predicted octanol–water partition coefficient (Wildman–Crippen LogP) is 4.42. The van der Waals surface area contributed by atoms with E-state index in [1.165, 1.54) is 16.4 Å². The number of hydrogen-bond donors (Lipinski definition) is 1. The van der Waals surface area contributed by atoms with Crippen LogP contribution in [0.15, 0.2) is 63.9 Å².